The second kappa shape index (κ2) is 4.96. The normalized spacial score (nSPS) is 11.5. The van der Waals surface area contributed by atoms with Crippen LogP contribution in [-0.4, -0.2) is 41.3 Å². The van der Waals surface area contributed by atoms with Crippen molar-refractivity contribution in [2.24, 2.45) is 0 Å². The van der Waals surface area contributed by atoms with Gasteiger partial charge in [0.05, 0.1) is 6.42 Å². The first kappa shape index (κ1) is 11.2. The Morgan fingerprint density at radius 3 is 2.15 bits per heavy atom. The molecule has 0 unspecified atom stereocenters. The van der Waals surface area contributed by atoms with E-state index in [1.807, 2.05) is 5.32 Å². The molecule has 13 heavy (non-hydrogen) atoms. The van der Waals surface area contributed by atoms with Crippen LogP contribution >= 0.6 is 0 Å². The van der Waals surface area contributed by atoms with Gasteiger partial charge in [0.15, 0.2) is 0 Å². The summed E-state index contributed by atoms with van der Waals surface area (Å²) in [6.45, 7) is 0. The topological polar surface area (TPSA) is 116 Å². The number of hydrogen-bond donors (Lipinski definition) is 4. The van der Waals surface area contributed by atoms with Crippen LogP contribution in [0.2, 0.25) is 0 Å². The Kier molecular flexibility index (Phi) is 4.28. The van der Waals surface area contributed by atoms with Gasteiger partial charge in [-0.05, 0) is 0 Å². The largest absolute Gasteiger partial charge is 0.481 e. The third-order valence-corrected chi connectivity index (χ3v) is 1.21. The van der Waals surface area contributed by atoms with Crippen LogP contribution in [0.1, 0.15) is 6.42 Å². The van der Waals surface area contributed by atoms with Crippen LogP contribution < -0.4 is 10.6 Å². The third kappa shape index (κ3) is 4.62. The summed E-state index contributed by atoms with van der Waals surface area (Å²) in [5, 5.41) is 20.8. The number of nitrogens with one attached hydrogen (secondary N) is 2. The molecule has 0 aromatic carbocycles. The van der Waals surface area contributed by atoms with Crippen molar-refractivity contribution in [1.82, 2.24) is 10.6 Å². The molecule has 0 aromatic rings. The summed E-state index contributed by atoms with van der Waals surface area (Å²) in [4.78, 5) is 31.2. The highest BCUT2D eigenvalue weighted by Crippen LogP contribution is 1.92. The van der Waals surface area contributed by atoms with E-state index in [4.69, 9.17) is 10.2 Å². The summed E-state index contributed by atoms with van der Waals surface area (Å²) >= 11 is 0. The lowest BCUT2D eigenvalue weighted by Crippen LogP contribution is -2.45. The third-order valence-electron chi connectivity index (χ3n) is 1.21. The van der Waals surface area contributed by atoms with Crippen molar-refractivity contribution in [2.45, 2.75) is 12.5 Å². The quantitative estimate of drug-likeness (QED) is 0.446. The molecular formula is C6H10N2O5. The number of hydrogen-bond acceptors (Lipinski definition) is 3. The number of amides is 2. The van der Waals surface area contributed by atoms with E-state index in [0.717, 1.165) is 0 Å². The molecule has 4 N–H and O–H groups in total. The molecule has 0 aliphatic rings. The number of carbonyl (C=O) groups is 3. The van der Waals surface area contributed by atoms with Crippen molar-refractivity contribution in [1.29, 1.82) is 0 Å². The molecular weight excluding hydrogens is 180 g/mol. The van der Waals surface area contributed by atoms with Gasteiger partial charge in [0.1, 0.15) is 6.04 Å². The lowest BCUT2D eigenvalue weighted by atomic mass is 10.2. The minimum atomic E-state index is -1.41. The van der Waals surface area contributed by atoms with E-state index >= 15 is 0 Å². The molecule has 0 bridgehead atoms. The highest BCUT2D eigenvalue weighted by molar-refractivity contribution is 5.85. The van der Waals surface area contributed by atoms with Crippen molar-refractivity contribution in [2.75, 3.05) is 7.05 Å². The molecule has 0 radical (unpaired) electrons. The molecule has 0 rings (SSSR count). The van der Waals surface area contributed by atoms with Gasteiger partial charge in [-0.15, -0.1) is 0 Å². The maximum atomic E-state index is 10.6. The van der Waals surface area contributed by atoms with Gasteiger partial charge in [0, 0.05) is 7.05 Å². The first-order valence-corrected chi connectivity index (χ1v) is 3.40. The van der Waals surface area contributed by atoms with Crippen LogP contribution in [0.3, 0.4) is 0 Å². The van der Waals surface area contributed by atoms with Crippen LogP contribution in [0.15, 0.2) is 0 Å². The smallest absolute Gasteiger partial charge is 0.326 e. The van der Waals surface area contributed by atoms with Gasteiger partial charge in [-0.1, -0.05) is 0 Å². The number of rotatable bonds is 4. The summed E-state index contributed by atoms with van der Waals surface area (Å²) in [7, 11) is 1.30. The zero-order chi connectivity index (χ0) is 10.4. The number of carbonyl (C=O) groups excluding carboxylic acids is 1. The Bertz CT molecular complexity index is 227. The molecule has 0 saturated heterocycles. The Morgan fingerprint density at radius 1 is 1.31 bits per heavy atom. The van der Waals surface area contributed by atoms with Crippen LogP contribution in [0.4, 0.5) is 4.79 Å². The van der Waals surface area contributed by atoms with E-state index in [9.17, 15) is 14.4 Å². The number of aliphatic carboxylic acids is 2. The monoisotopic (exact) mass is 190 g/mol. The first-order chi connectivity index (χ1) is 5.97. The fourth-order valence-corrected chi connectivity index (χ4v) is 0.605. The standard InChI is InChI=1S/C6H10N2O5/c1-7-6(13)8-3(5(11)12)2-4(9)10/h3H,2H2,1H3,(H,9,10)(H,11,12)(H2,7,8,13)/t3-/m1/s1. The summed E-state index contributed by atoms with van der Waals surface area (Å²) < 4.78 is 0. The molecule has 74 valence electrons. The molecule has 0 aromatic heterocycles. The number of urea groups is 1. The Labute approximate surface area is 73.7 Å². The van der Waals surface area contributed by atoms with Crippen LogP contribution in [0, 0.1) is 0 Å². The summed E-state index contributed by atoms with van der Waals surface area (Å²) in [5.74, 6) is -2.67. The fraction of sp³-hybridized carbons (Fsp3) is 0.500. The van der Waals surface area contributed by atoms with Crippen LogP contribution in [0.25, 0.3) is 0 Å². The van der Waals surface area contributed by atoms with E-state index in [1.54, 1.807) is 0 Å². The summed E-state index contributed by atoms with van der Waals surface area (Å²) in [6, 6.07) is -2.13. The van der Waals surface area contributed by atoms with Gasteiger partial charge in [-0.3, -0.25) is 4.79 Å². The molecule has 2 amide bonds. The summed E-state index contributed by atoms with van der Waals surface area (Å²) in [6.07, 6.45) is -0.650. The average Bonchev–Trinajstić information content (AvgIpc) is 2.02. The van der Waals surface area contributed by atoms with Crippen molar-refractivity contribution in [3.63, 3.8) is 0 Å². The maximum Gasteiger partial charge on any atom is 0.326 e. The molecule has 0 aliphatic heterocycles. The number of carboxylic acids is 2. The number of carboxylic acid groups (broad SMARTS) is 2. The second-order valence-corrected chi connectivity index (χ2v) is 2.21. The van der Waals surface area contributed by atoms with Crippen molar-refractivity contribution in [3.8, 4) is 0 Å². The molecule has 0 aliphatic carbocycles. The first-order valence-electron chi connectivity index (χ1n) is 3.40. The lowest BCUT2D eigenvalue weighted by Gasteiger charge is -2.11. The van der Waals surface area contributed by atoms with Gasteiger partial charge in [0.2, 0.25) is 0 Å². The van der Waals surface area contributed by atoms with Gasteiger partial charge < -0.3 is 20.8 Å². The van der Waals surface area contributed by atoms with E-state index in [-0.39, 0.29) is 0 Å². The minimum Gasteiger partial charge on any atom is -0.481 e. The molecule has 7 heteroatoms. The van der Waals surface area contributed by atoms with Gasteiger partial charge in [-0.25, -0.2) is 9.59 Å². The zero-order valence-corrected chi connectivity index (χ0v) is 6.90. The van der Waals surface area contributed by atoms with E-state index in [0.29, 0.717) is 0 Å². The highest BCUT2D eigenvalue weighted by atomic mass is 16.4. The van der Waals surface area contributed by atoms with Crippen molar-refractivity contribution in [3.05, 3.63) is 0 Å². The average molecular weight is 190 g/mol. The molecule has 0 saturated carbocycles. The fourth-order valence-electron chi connectivity index (χ4n) is 0.605. The van der Waals surface area contributed by atoms with Gasteiger partial charge in [-0.2, -0.15) is 0 Å². The van der Waals surface area contributed by atoms with Gasteiger partial charge in [0.25, 0.3) is 0 Å². The Balaban J connectivity index is 4.18. The zero-order valence-electron chi connectivity index (χ0n) is 6.90. The van der Waals surface area contributed by atoms with E-state index < -0.39 is 30.4 Å². The minimum absolute atomic E-state index is 0.650. The van der Waals surface area contributed by atoms with E-state index in [1.165, 1.54) is 7.05 Å². The van der Waals surface area contributed by atoms with E-state index in [2.05, 4.69) is 5.32 Å². The van der Waals surface area contributed by atoms with Crippen LogP contribution in [0.5, 0.6) is 0 Å². The molecule has 0 fully saturated rings. The van der Waals surface area contributed by atoms with Crippen molar-refractivity contribution < 1.29 is 24.6 Å². The summed E-state index contributed by atoms with van der Waals surface area (Å²) in [5.41, 5.74) is 0. The highest BCUT2D eigenvalue weighted by Gasteiger charge is 2.22. The lowest BCUT2D eigenvalue weighted by molar-refractivity contribution is -0.145. The van der Waals surface area contributed by atoms with Crippen LogP contribution in [-0.2, 0) is 9.59 Å². The molecule has 0 spiro atoms. The predicted octanol–water partition coefficient (Wildman–Crippen LogP) is -1.16. The second-order valence-electron chi connectivity index (χ2n) is 2.21. The molecule has 7 nitrogen and oxygen atoms in total. The van der Waals surface area contributed by atoms with Crippen molar-refractivity contribution >= 4 is 18.0 Å². The SMILES string of the molecule is CNC(=O)N[C@H](CC(=O)O)C(=O)O. The maximum absolute atomic E-state index is 10.6. The van der Waals surface area contributed by atoms with Gasteiger partial charge >= 0.3 is 18.0 Å². The predicted molar refractivity (Wildman–Crippen MR) is 41.3 cm³/mol. The Hall–Kier alpha value is -1.79. The Morgan fingerprint density at radius 2 is 1.85 bits per heavy atom. The molecule has 1 atom stereocenters. The molecule has 0 heterocycles.